The first-order valence-electron chi connectivity index (χ1n) is 6.16. The van der Waals surface area contributed by atoms with E-state index in [4.69, 9.17) is 0 Å². The smallest absolute Gasteiger partial charge is 0.272 e. The first-order chi connectivity index (χ1) is 9.49. The molecule has 2 rings (SSSR count). The molecule has 0 saturated carbocycles. The minimum Gasteiger partial charge on any atom is -0.508 e. The molecule has 104 valence electrons. The summed E-state index contributed by atoms with van der Waals surface area (Å²) in [6.45, 7) is 1.87. The van der Waals surface area contributed by atoms with Crippen molar-refractivity contribution in [3.63, 3.8) is 0 Å². The van der Waals surface area contributed by atoms with Crippen molar-refractivity contribution < 1.29 is 14.3 Å². The van der Waals surface area contributed by atoms with Crippen molar-refractivity contribution in [3.8, 4) is 5.75 Å². The number of phenolic OH excluding ortho intramolecular Hbond substituents is 1. The van der Waals surface area contributed by atoms with Gasteiger partial charge in [-0.1, -0.05) is 12.1 Å². The van der Waals surface area contributed by atoms with E-state index in [1.165, 1.54) is 17.0 Å². The number of hydrogen-bond acceptors (Lipinski definition) is 3. The number of aromatic hydroxyl groups is 1. The van der Waals surface area contributed by atoms with Gasteiger partial charge in [0.25, 0.3) is 5.91 Å². The first kappa shape index (κ1) is 14.0. The largest absolute Gasteiger partial charge is 0.508 e. The Labute approximate surface area is 116 Å². The lowest BCUT2D eigenvalue weighted by Gasteiger charge is -2.25. The van der Waals surface area contributed by atoms with Gasteiger partial charge in [-0.25, -0.2) is 9.37 Å². The average Bonchev–Trinajstić information content (AvgIpc) is 2.46. The molecule has 0 radical (unpaired) electrons. The quantitative estimate of drug-likeness (QED) is 0.936. The molecule has 4 nitrogen and oxygen atoms in total. The summed E-state index contributed by atoms with van der Waals surface area (Å²) in [6, 6.07) is 9.02. The molecule has 0 spiro atoms. The number of pyridine rings is 1. The molecule has 1 aromatic heterocycles. The predicted molar refractivity (Wildman–Crippen MR) is 72.8 cm³/mol. The highest BCUT2D eigenvalue weighted by atomic mass is 19.1. The lowest BCUT2D eigenvalue weighted by Crippen LogP contribution is -2.30. The number of carbonyl (C=O) groups excluding carboxylic acids is 1. The molecule has 1 N–H and O–H groups in total. The third-order valence-corrected chi connectivity index (χ3v) is 3.22. The zero-order valence-corrected chi connectivity index (χ0v) is 11.2. The number of aromatic nitrogens is 1. The summed E-state index contributed by atoms with van der Waals surface area (Å²) in [4.78, 5) is 17.5. The summed E-state index contributed by atoms with van der Waals surface area (Å²) in [5, 5.41) is 9.26. The molecule has 0 saturated heterocycles. The van der Waals surface area contributed by atoms with Crippen LogP contribution in [0.15, 0.2) is 42.6 Å². The normalized spacial score (nSPS) is 11.9. The van der Waals surface area contributed by atoms with E-state index in [1.54, 1.807) is 31.3 Å². The van der Waals surface area contributed by atoms with Crippen LogP contribution in [-0.4, -0.2) is 27.9 Å². The lowest BCUT2D eigenvalue weighted by molar-refractivity contribution is 0.0736. The molecule has 20 heavy (non-hydrogen) atoms. The maximum absolute atomic E-state index is 12.8. The van der Waals surface area contributed by atoms with Gasteiger partial charge >= 0.3 is 0 Å². The van der Waals surface area contributed by atoms with Gasteiger partial charge in [0.1, 0.15) is 17.3 Å². The van der Waals surface area contributed by atoms with E-state index in [9.17, 15) is 14.3 Å². The minimum absolute atomic E-state index is 0.176. The maximum Gasteiger partial charge on any atom is 0.272 e. The van der Waals surface area contributed by atoms with Crippen LogP contribution in [0.1, 0.15) is 29.0 Å². The molecule has 1 unspecified atom stereocenters. The van der Waals surface area contributed by atoms with E-state index in [2.05, 4.69) is 4.98 Å². The van der Waals surface area contributed by atoms with Gasteiger partial charge in [-0.05, 0) is 36.8 Å². The fraction of sp³-hybridized carbons (Fsp3) is 0.200. The number of benzene rings is 1. The fourth-order valence-corrected chi connectivity index (χ4v) is 1.84. The van der Waals surface area contributed by atoms with Gasteiger partial charge in [0.15, 0.2) is 0 Å². The summed E-state index contributed by atoms with van der Waals surface area (Å²) in [6.07, 6.45) is 1.02. The second kappa shape index (κ2) is 5.69. The molecule has 1 aromatic carbocycles. The van der Waals surface area contributed by atoms with Crippen LogP contribution in [-0.2, 0) is 0 Å². The van der Waals surface area contributed by atoms with Crippen molar-refractivity contribution in [2.45, 2.75) is 13.0 Å². The number of hydrogen-bond donors (Lipinski definition) is 1. The van der Waals surface area contributed by atoms with E-state index in [0.29, 0.717) is 0 Å². The topological polar surface area (TPSA) is 53.4 Å². The first-order valence-corrected chi connectivity index (χ1v) is 6.16. The van der Waals surface area contributed by atoms with Gasteiger partial charge in [0, 0.05) is 7.05 Å². The Hall–Kier alpha value is -2.43. The third kappa shape index (κ3) is 2.93. The minimum atomic E-state index is -0.476. The van der Waals surface area contributed by atoms with Gasteiger partial charge < -0.3 is 10.0 Å². The van der Waals surface area contributed by atoms with E-state index in [0.717, 1.165) is 11.8 Å². The van der Waals surface area contributed by atoms with Gasteiger partial charge in [-0.2, -0.15) is 0 Å². The Balaban J connectivity index is 2.17. The predicted octanol–water partition coefficient (Wildman–Crippen LogP) is 2.76. The van der Waals surface area contributed by atoms with Crippen molar-refractivity contribution in [2.75, 3.05) is 7.05 Å². The summed E-state index contributed by atoms with van der Waals surface area (Å²) in [5.74, 6) is -0.587. The number of rotatable bonds is 3. The van der Waals surface area contributed by atoms with Crippen molar-refractivity contribution in [1.82, 2.24) is 9.88 Å². The zero-order valence-electron chi connectivity index (χ0n) is 11.2. The van der Waals surface area contributed by atoms with E-state index < -0.39 is 5.82 Å². The number of halogens is 1. The van der Waals surface area contributed by atoms with Crippen LogP contribution < -0.4 is 0 Å². The fourth-order valence-electron chi connectivity index (χ4n) is 1.84. The maximum atomic E-state index is 12.8. The standard InChI is InChI=1S/C15H15FN2O2/c1-10(11-3-6-13(19)7-4-11)18(2)15(20)14-8-5-12(16)9-17-14/h3-10,19H,1-2H3. The molecule has 1 atom stereocenters. The molecule has 0 bridgehead atoms. The second-order valence-electron chi connectivity index (χ2n) is 4.55. The summed E-state index contributed by atoms with van der Waals surface area (Å²) < 4.78 is 12.8. The second-order valence-corrected chi connectivity index (χ2v) is 4.55. The van der Waals surface area contributed by atoms with E-state index in [-0.39, 0.29) is 23.4 Å². The zero-order chi connectivity index (χ0) is 14.7. The van der Waals surface area contributed by atoms with Crippen LogP contribution in [0.3, 0.4) is 0 Å². The monoisotopic (exact) mass is 274 g/mol. The summed E-state index contributed by atoms with van der Waals surface area (Å²) in [5.41, 5.74) is 1.08. The van der Waals surface area contributed by atoms with Crippen LogP contribution in [0.2, 0.25) is 0 Å². The highest BCUT2D eigenvalue weighted by Crippen LogP contribution is 2.22. The lowest BCUT2D eigenvalue weighted by atomic mass is 10.1. The molecule has 1 amide bonds. The Kier molecular flexibility index (Phi) is 3.98. The van der Waals surface area contributed by atoms with Gasteiger partial charge in [0.05, 0.1) is 12.2 Å². The average molecular weight is 274 g/mol. The molecular weight excluding hydrogens is 259 g/mol. The van der Waals surface area contributed by atoms with Crippen LogP contribution in [0.5, 0.6) is 5.75 Å². The molecular formula is C15H15FN2O2. The number of amides is 1. The van der Waals surface area contributed by atoms with Crippen molar-refractivity contribution in [3.05, 3.63) is 59.7 Å². The molecule has 0 aliphatic heterocycles. The SMILES string of the molecule is CC(c1ccc(O)cc1)N(C)C(=O)c1ccc(F)cn1. The number of carbonyl (C=O) groups is 1. The van der Waals surface area contributed by atoms with Crippen molar-refractivity contribution in [1.29, 1.82) is 0 Å². The van der Waals surface area contributed by atoms with Crippen LogP contribution in [0.4, 0.5) is 4.39 Å². The van der Waals surface area contributed by atoms with Crippen LogP contribution in [0, 0.1) is 5.82 Å². The van der Waals surface area contributed by atoms with Gasteiger partial charge in [0.2, 0.25) is 0 Å². The molecule has 0 aliphatic rings. The molecule has 1 heterocycles. The Morgan fingerprint density at radius 1 is 1.25 bits per heavy atom. The summed E-state index contributed by atoms with van der Waals surface area (Å²) >= 11 is 0. The Morgan fingerprint density at radius 3 is 2.45 bits per heavy atom. The van der Waals surface area contributed by atoms with Crippen molar-refractivity contribution in [2.24, 2.45) is 0 Å². The highest BCUT2D eigenvalue weighted by Gasteiger charge is 2.19. The van der Waals surface area contributed by atoms with Crippen LogP contribution >= 0.6 is 0 Å². The van der Waals surface area contributed by atoms with E-state index in [1.807, 2.05) is 6.92 Å². The summed E-state index contributed by atoms with van der Waals surface area (Å²) in [7, 11) is 1.66. The number of phenols is 1. The molecule has 2 aromatic rings. The van der Waals surface area contributed by atoms with Gasteiger partial charge in [-0.15, -0.1) is 0 Å². The van der Waals surface area contributed by atoms with Crippen molar-refractivity contribution >= 4 is 5.91 Å². The highest BCUT2D eigenvalue weighted by molar-refractivity contribution is 5.92. The third-order valence-electron chi connectivity index (χ3n) is 3.22. The van der Waals surface area contributed by atoms with Crippen LogP contribution in [0.25, 0.3) is 0 Å². The Morgan fingerprint density at radius 2 is 1.90 bits per heavy atom. The molecule has 0 aliphatic carbocycles. The van der Waals surface area contributed by atoms with Gasteiger partial charge in [-0.3, -0.25) is 4.79 Å². The van der Waals surface area contributed by atoms with E-state index >= 15 is 0 Å². The molecule has 0 fully saturated rings. The Bertz CT molecular complexity index is 596. The number of nitrogens with zero attached hydrogens (tertiary/aromatic N) is 2. The molecule has 5 heteroatoms.